The van der Waals surface area contributed by atoms with Gasteiger partial charge in [-0.3, -0.25) is 9.89 Å². The minimum atomic E-state index is 0.802. The SMILES string of the molecule is CN=C(NCCCc1ccccc1)NCCN1CCc2cc(OC)c(OC)cc2C1. The first kappa shape index (κ1) is 22.0. The monoisotopic (exact) mass is 410 g/mol. The maximum Gasteiger partial charge on any atom is 0.191 e. The van der Waals surface area contributed by atoms with Gasteiger partial charge < -0.3 is 20.1 Å². The quantitative estimate of drug-likeness (QED) is 0.378. The Morgan fingerprint density at radius 2 is 1.70 bits per heavy atom. The normalized spacial score (nSPS) is 14.2. The second-order valence-electron chi connectivity index (χ2n) is 7.52. The number of nitrogens with zero attached hydrogens (tertiary/aromatic N) is 2. The van der Waals surface area contributed by atoms with E-state index in [1.54, 1.807) is 14.2 Å². The summed E-state index contributed by atoms with van der Waals surface area (Å²) >= 11 is 0. The number of aryl methyl sites for hydroxylation is 1. The number of ether oxygens (including phenoxy) is 2. The molecule has 0 radical (unpaired) electrons. The van der Waals surface area contributed by atoms with Crippen LogP contribution in [0.25, 0.3) is 0 Å². The third-order valence-corrected chi connectivity index (χ3v) is 5.52. The first-order valence-electron chi connectivity index (χ1n) is 10.7. The Balaban J connectivity index is 1.39. The Morgan fingerprint density at radius 1 is 1.00 bits per heavy atom. The van der Waals surface area contributed by atoms with Crippen LogP contribution in [0.1, 0.15) is 23.1 Å². The highest BCUT2D eigenvalue weighted by molar-refractivity contribution is 5.79. The first-order valence-corrected chi connectivity index (χ1v) is 10.7. The van der Waals surface area contributed by atoms with E-state index in [0.29, 0.717) is 0 Å². The van der Waals surface area contributed by atoms with Crippen LogP contribution < -0.4 is 20.1 Å². The molecule has 2 aromatic rings. The van der Waals surface area contributed by atoms with Gasteiger partial charge in [0.2, 0.25) is 0 Å². The Hall–Kier alpha value is -2.73. The van der Waals surface area contributed by atoms with Crippen molar-refractivity contribution in [3.05, 3.63) is 59.2 Å². The topological polar surface area (TPSA) is 58.1 Å². The summed E-state index contributed by atoms with van der Waals surface area (Å²) in [5.74, 6) is 2.48. The van der Waals surface area contributed by atoms with Gasteiger partial charge in [0.1, 0.15) is 0 Å². The van der Waals surface area contributed by atoms with Gasteiger partial charge in [-0.2, -0.15) is 0 Å². The van der Waals surface area contributed by atoms with Crippen LogP contribution in [-0.4, -0.2) is 58.3 Å². The van der Waals surface area contributed by atoms with Crippen molar-refractivity contribution in [1.82, 2.24) is 15.5 Å². The molecule has 0 amide bonds. The Morgan fingerprint density at radius 3 is 2.40 bits per heavy atom. The Bertz CT molecular complexity index is 823. The summed E-state index contributed by atoms with van der Waals surface area (Å²) in [5, 5.41) is 6.84. The van der Waals surface area contributed by atoms with Gasteiger partial charge in [0.15, 0.2) is 17.5 Å². The zero-order valence-electron chi connectivity index (χ0n) is 18.4. The molecular formula is C24H34N4O2. The molecule has 0 fully saturated rings. The van der Waals surface area contributed by atoms with Crippen molar-refractivity contribution in [1.29, 1.82) is 0 Å². The van der Waals surface area contributed by atoms with E-state index in [1.807, 2.05) is 7.05 Å². The standard InChI is InChI=1S/C24H34N4O2/c1-25-24(26-12-7-10-19-8-5-4-6-9-19)27-13-15-28-14-11-20-16-22(29-2)23(30-3)17-21(20)18-28/h4-6,8-9,16-17H,7,10-15,18H2,1-3H3,(H2,25,26,27). The lowest BCUT2D eigenvalue weighted by Crippen LogP contribution is -2.42. The fraction of sp³-hybridized carbons (Fsp3) is 0.458. The minimum absolute atomic E-state index is 0.802. The molecule has 6 heteroatoms. The number of hydrogen-bond donors (Lipinski definition) is 2. The average Bonchev–Trinajstić information content (AvgIpc) is 2.80. The molecule has 6 nitrogen and oxygen atoms in total. The van der Waals surface area contributed by atoms with Gasteiger partial charge in [-0.05, 0) is 48.1 Å². The second-order valence-corrected chi connectivity index (χ2v) is 7.52. The lowest BCUT2D eigenvalue weighted by molar-refractivity contribution is 0.256. The summed E-state index contributed by atoms with van der Waals surface area (Å²) in [6.07, 6.45) is 3.19. The number of hydrogen-bond acceptors (Lipinski definition) is 4. The number of fused-ring (bicyclic) bond motifs is 1. The van der Waals surface area contributed by atoms with Gasteiger partial charge >= 0.3 is 0 Å². The van der Waals surface area contributed by atoms with E-state index in [-0.39, 0.29) is 0 Å². The van der Waals surface area contributed by atoms with Crippen molar-refractivity contribution in [2.45, 2.75) is 25.8 Å². The minimum Gasteiger partial charge on any atom is -0.493 e. The van der Waals surface area contributed by atoms with Crippen molar-refractivity contribution >= 4 is 5.96 Å². The van der Waals surface area contributed by atoms with Gasteiger partial charge in [-0.25, -0.2) is 0 Å². The Kier molecular flexibility index (Phi) is 8.39. The van der Waals surface area contributed by atoms with Crippen LogP contribution in [0.15, 0.2) is 47.5 Å². The van der Waals surface area contributed by atoms with Crippen LogP contribution in [0.2, 0.25) is 0 Å². The molecule has 0 spiro atoms. The van der Waals surface area contributed by atoms with E-state index in [2.05, 4.69) is 63.0 Å². The predicted molar refractivity (Wildman–Crippen MR) is 123 cm³/mol. The average molecular weight is 411 g/mol. The summed E-state index contributed by atoms with van der Waals surface area (Å²) in [6, 6.07) is 14.8. The van der Waals surface area contributed by atoms with Crippen molar-refractivity contribution in [2.75, 3.05) is 47.4 Å². The van der Waals surface area contributed by atoms with Crippen LogP contribution in [0.5, 0.6) is 11.5 Å². The number of guanidine groups is 1. The molecule has 0 atom stereocenters. The molecule has 0 unspecified atom stereocenters. The van der Waals surface area contributed by atoms with E-state index in [1.165, 1.54) is 16.7 Å². The number of benzene rings is 2. The van der Waals surface area contributed by atoms with E-state index in [4.69, 9.17) is 9.47 Å². The summed E-state index contributed by atoms with van der Waals surface area (Å²) in [6.45, 7) is 4.72. The molecule has 2 aromatic carbocycles. The largest absolute Gasteiger partial charge is 0.493 e. The van der Waals surface area contributed by atoms with Gasteiger partial charge in [0.25, 0.3) is 0 Å². The van der Waals surface area contributed by atoms with Crippen molar-refractivity contribution in [2.24, 2.45) is 4.99 Å². The second kappa shape index (κ2) is 11.5. The highest BCUT2D eigenvalue weighted by atomic mass is 16.5. The fourth-order valence-corrected chi connectivity index (χ4v) is 3.83. The highest BCUT2D eigenvalue weighted by Gasteiger charge is 2.19. The molecular weight excluding hydrogens is 376 g/mol. The van der Waals surface area contributed by atoms with Gasteiger partial charge in [-0.15, -0.1) is 0 Å². The number of methoxy groups -OCH3 is 2. The fourth-order valence-electron chi connectivity index (χ4n) is 3.83. The lowest BCUT2D eigenvalue weighted by atomic mass is 9.99. The summed E-state index contributed by atoms with van der Waals surface area (Å²) in [4.78, 5) is 6.80. The van der Waals surface area contributed by atoms with E-state index >= 15 is 0 Å². The first-order chi connectivity index (χ1) is 14.7. The van der Waals surface area contributed by atoms with Gasteiger partial charge in [-0.1, -0.05) is 30.3 Å². The van der Waals surface area contributed by atoms with Crippen LogP contribution in [0, 0.1) is 0 Å². The number of nitrogens with one attached hydrogen (secondary N) is 2. The van der Waals surface area contributed by atoms with E-state index < -0.39 is 0 Å². The van der Waals surface area contributed by atoms with Gasteiger partial charge in [0.05, 0.1) is 14.2 Å². The molecule has 2 N–H and O–H groups in total. The molecule has 3 rings (SSSR count). The van der Waals surface area contributed by atoms with E-state index in [9.17, 15) is 0 Å². The molecule has 1 aliphatic heterocycles. The van der Waals surface area contributed by atoms with Crippen molar-refractivity contribution in [3.8, 4) is 11.5 Å². The Labute approximate surface area is 180 Å². The maximum atomic E-state index is 5.46. The van der Waals surface area contributed by atoms with Crippen LogP contribution in [0.4, 0.5) is 0 Å². The third-order valence-electron chi connectivity index (χ3n) is 5.52. The summed E-state index contributed by atoms with van der Waals surface area (Å²) in [7, 11) is 5.20. The number of rotatable bonds is 9. The van der Waals surface area contributed by atoms with Crippen molar-refractivity contribution in [3.63, 3.8) is 0 Å². The van der Waals surface area contributed by atoms with Crippen molar-refractivity contribution < 1.29 is 9.47 Å². The molecule has 0 aliphatic carbocycles. The van der Waals surface area contributed by atoms with E-state index in [0.717, 1.165) is 69.4 Å². The predicted octanol–water partition coefficient (Wildman–Crippen LogP) is 2.86. The molecule has 30 heavy (non-hydrogen) atoms. The van der Waals surface area contributed by atoms with Gasteiger partial charge in [0, 0.05) is 39.8 Å². The zero-order chi connectivity index (χ0) is 21.2. The molecule has 0 bridgehead atoms. The molecule has 1 aliphatic rings. The van der Waals surface area contributed by atoms with Crippen LogP contribution >= 0.6 is 0 Å². The molecule has 162 valence electrons. The molecule has 0 aromatic heterocycles. The highest BCUT2D eigenvalue weighted by Crippen LogP contribution is 2.33. The summed E-state index contributed by atoms with van der Waals surface area (Å²) in [5.41, 5.74) is 4.05. The summed E-state index contributed by atoms with van der Waals surface area (Å²) < 4.78 is 10.9. The smallest absolute Gasteiger partial charge is 0.191 e. The molecule has 0 saturated carbocycles. The number of aliphatic imine (C=N–C) groups is 1. The molecule has 1 heterocycles. The lowest BCUT2D eigenvalue weighted by Gasteiger charge is -2.29. The van der Waals surface area contributed by atoms with Crippen LogP contribution in [0.3, 0.4) is 0 Å². The third kappa shape index (κ3) is 6.13. The van der Waals surface area contributed by atoms with Crippen LogP contribution in [-0.2, 0) is 19.4 Å². The molecule has 0 saturated heterocycles. The zero-order valence-corrected chi connectivity index (χ0v) is 18.4. The maximum absolute atomic E-state index is 5.46.